The summed E-state index contributed by atoms with van der Waals surface area (Å²) in [6, 6.07) is 0.625. The Bertz CT molecular complexity index is 154. The van der Waals surface area contributed by atoms with Crippen LogP contribution in [0.2, 0.25) is 0 Å². The van der Waals surface area contributed by atoms with Crippen LogP contribution in [0.25, 0.3) is 0 Å². The van der Waals surface area contributed by atoms with Gasteiger partial charge in [0.15, 0.2) is 0 Å². The molecule has 0 spiro atoms. The first-order valence-electron chi connectivity index (χ1n) is 5.23. The summed E-state index contributed by atoms with van der Waals surface area (Å²) in [6.45, 7) is 10.3. The van der Waals surface area contributed by atoms with Crippen molar-refractivity contribution in [1.29, 1.82) is 0 Å². The highest BCUT2D eigenvalue weighted by molar-refractivity contribution is 4.80. The van der Waals surface area contributed by atoms with E-state index < -0.39 is 0 Å². The standard InChI is InChI=1S/C11H26N2O/c1-9(8-14-6)13(5)7-10(12)11(2,3)4/h9-10H,7-8,12H2,1-6H3. The smallest absolute Gasteiger partial charge is 0.0615 e. The largest absolute Gasteiger partial charge is 0.383 e. The van der Waals surface area contributed by atoms with Gasteiger partial charge in [-0.15, -0.1) is 0 Å². The minimum atomic E-state index is 0.168. The molecule has 0 saturated heterocycles. The van der Waals surface area contributed by atoms with Crippen LogP contribution in [0.1, 0.15) is 27.7 Å². The fourth-order valence-corrected chi connectivity index (χ4v) is 1.13. The first-order valence-corrected chi connectivity index (χ1v) is 5.23. The lowest BCUT2D eigenvalue weighted by Crippen LogP contribution is -2.47. The molecule has 2 unspecified atom stereocenters. The van der Waals surface area contributed by atoms with Crippen molar-refractivity contribution >= 4 is 0 Å². The highest BCUT2D eigenvalue weighted by atomic mass is 16.5. The number of rotatable bonds is 5. The van der Waals surface area contributed by atoms with E-state index in [4.69, 9.17) is 10.5 Å². The summed E-state index contributed by atoms with van der Waals surface area (Å²) in [5, 5.41) is 0. The molecule has 0 aliphatic rings. The molecule has 0 aromatic heterocycles. The number of hydrogen-bond acceptors (Lipinski definition) is 3. The molecule has 2 N–H and O–H groups in total. The van der Waals surface area contributed by atoms with Crippen LogP contribution in [0, 0.1) is 5.41 Å². The van der Waals surface area contributed by atoms with Gasteiger partial charge in [0, 0.05) is 25.7 Å². The van der Waals surface area contributed by atoms with Crippen molar-refractivity contribution in [3.05, 3.63) is 0 Å². The molecule has 0 aliphatic carbocycles. The van der Waals surface area contributed by atoms with E-state index in [0.717, 1.165) is 13.2 Å². The van der Waals surface area contributed by atoms with Gasteiger partial charge in [0.25, 0.3) is 0 Å². The van der Waals surface area contributed by atoms with Crippen LogP contribution < -0.4 is 5.73 Å². The Hall–Kier alpha value is -0.120. The van der Waals surface area contributed by atoms with Crippen LogP contribution in [0.5, 0.6) is 0 Å². The second-order valence-electron chi connectivity index (χ2n) is 5.22. The number of ether oxygens (including phenoxy) is 1. The van der Waals surface area contributed by atoms with E-state index in [1.165, 1.54) is 0 Å². The SMILES string of the molecule is COCC(C)N(C)CC(N)C(C)(C)C. The van der Waals surface area contributed by atoms with Crippen molar-refractivity contribution in [3.8, 4) is 0 Å². The summed E-state index contributed by atoms with van der Waals surface area (Å²) in [4.78, 5) is 2.25. The Morgan fingerprint density at radius 3 is 2.21 bits per heavy atom. The monoisotopic (exact) mass is 202 g/mol. The third kappa shape index (κ3) is 4.94. The Morgan fingerprint density at radius 1 is 1.36 bits per heavy atom. The zero-order valence-corrected chi connectivity index (χ0v) is 10.5. The molecule has 0 aromatic rings. The number of methoxy groups -OCH3 is 1. The first kappa shape index (κ1) is 13.9. The Balaban J connectivity index is 3.99. The van der Waals surface area contributed by atoms with Crippen LogP contribution in [-0.2, 0) is 4.74 Å². The molecule has 86 valence electrons. The molecule has 14 heavy (non-hydrogen) atoms. The molecule has 0 saturated carbocycles. The van der Waals surface area contributed by atoms with Crippen LogP contribution >= 0.6 is 0 Å². The van der Waals surface area contributed by atoms with Crippen LogP contribution in [0.4, 0.5) is 0 Å². The van der Waals surface area contributed by atoms with Crippen molar-refractivity contribution in [3.63, 3.8) is 0 Å². The van der Waals surface area contributed by atoms with E-state index in [9.17, 15) is 0 Å². The molecule has 0 aromatic carbocycles. The third-order valence-electron chi connectivity index (χ3n) is 2.76. The fourth-order valence-electron chi connectivity index (χ4n) is 1.13. The zero-order chi connectivity index (χ0) is 11.4. The maximum atomic E-state index is 6.10. The first-order chi connectivity index (χ1) is 6.29. The zero-order valence-electron chi connectivity index (χ0n) is 10.5. The molecule has 0 rings (SSSR count). The van der Waals surface area contributed by atoms with E-state index in [-0.39, 0.29) is 11.5 Å². The lowest BCUT2D eigenvalue weighted by Gasteiger charge is -2.33. The second kappa shape index (κ2) is 5.69. The number of nitrogens with two attached hydrogens (primary N) is 1. The Labute approximate surface area is 88.6 Å². The van der Waals surface area contributed by atoms with Gasteiger partial charge in [-0.3, -0.25) is 4.90 Å². The van der Waals surface area contributed by atoms with Crippen molar-refractivity contribution in [2.45, 2.75) is 39.8 Å². The third-order valence-corrected chi connectivity index (χ3v) is 2.76. The summed E-state index contributed by atoms with van der Waals surface area (Å²) in [5.74, 6) is 0. The average Bonchev–Trinajstić information content (AvgIpc) is 2.02. The quantitative estimate of drug-likeness (QED) is 0.731. The molecule has 0 amide bonds. The molecule has 0 fully saturated rings. The Morgan fingerprint density at radius 2 is 1.86 bits per heavy atom. The molecule has 0 radical (unpaired) electrons. The molecular formula is C11H26N2O. The van der Waals surface area contributed by atoms with Gasteiger partial charge >= 0.3 is 0 Å². The number of likely N-dealkylation sites (N-methyl/N-ethyl adjacent to an activating group) is 1. The van der Waals surface area contributed by atoms with Gasteiger partial charge in [-0.1, -0.05) is 20.8 Å². The van der Waals surface area contributed by atoms with Gasteiger partial charge in [-0.25, -0.2) is 0 Å². The highest BCUT2D eigenvalue weighted by Gasteiger charge is 2.23. The highest BCUT2D eigenvalue weighted by Crippen LogP contribution is 2.18. The maximum absolute atomic E-state index is 6.10. The van der Waals surface area contributed by atoms with E-state index >= 15 is 0 Å². The minimum Gasteiger partial charge on any atom is -0.383 e. The van der Waals surface area contributed by atoms with Gasteiger partial charge in [0.2, 0.25) is 0 Å². The molecule has 3 heteroatoms. The van der Waals surface area contributed by atoms with Crippen LogP contribution in [0.3, 0.4) is 0 Å². The summed E-state index contributed by atoms with van der Waals surface area (Å²) in [7, 11) is 3.82. The van der Waals surface area contributed by atoms with E-state index in [2.05, 4.69) is 39.6 Å². The normalized spacial score (nSPS) is 17.1. The molecule has 0 aliphatic heterocycles. The van der Waals surface area contributed by atoms with Gasteiger partial charge in [0.1, 0.15) is 0 Å². The number of nitrogens with zero attached hydrogens (tertiary/aromatic N) is 1. The van der Waals surface area contributed by atoms with Gasteiger partial charge < -0.3 is 10.5 Å². The van der Waals surface area contributed by atoms with Crippen molar-refractivity contribution < 1.29 is 4.74 Å². The molecule has 2 atom stereocenters. The Kier molecular flexibility index (Phi) is 5.64. The molecule has 0 heterocycles. The molecule has 0 bridgehead atoms. The van der Waals surface area contributed by atoms with Crippen molar-refractivity contribution in [2.75, 3.05) is 27.3 Å². The summed E-state index contributed by atoms with van der Waals surface area (Å²) < 4.78 is 5.11. The summed E-state index contributed by atoms with van der Waals surface area (Å²) in [6.07, 6.45) is 0. The minimum absolute atomic E-state index is 0.168. The second-order valence-corrected chi connectivity index (χ2v) is 5.22. The van der Waals surface area contributed by atoms with E-state index in [1.54, 1.807) is 7.11 Å². The predicted octanol–water partition coefficient (Wildman–Crippen LogP) is 1.33. The lowest BCUT2D eigenvalue weighted by molar-refractivity contribution is 0.102. The number of hydrogen-bond donors (Lipinski definition) is 1. The summed E-state index contributed by atoms with van der Waals surface area (Å²) in [5.41, 5.74) is 6.27. The summed E-state index contributed by atoms with van der Waals surface area (Å²) >= 11 is 0. The van der Waals surface area contributed by atoms with Gasteiger partial charge in [-0.2, -0.15) is 0 Å². The van der Waals surface area contributed by atoms with Crippen LogP contribution in [-0.4, -0.2) is 44.3 Å². The molecule has 3 nitrogen and oxygen atoms in total. The lowest BCUT2D eigenvalue weighted by atomic mass is 9.87. The van der Waals surface area contributed by atoms with Crippen molar-refractivity contribution in [1.82, 2.24) is 4.90 Å². The van der Waals surface area contributed by atoms with E-state index in [0.29, 0.717) is 6.04 Å². The maximum Gasteiger partial charge on any atom is 0.0615 e. The van der Waals surface area contributed by atoms with Gasteiger partial charge in [0.05, 0.1) is 6.61 Å². The fraction of sp³-hybridized carbons (Fsp3) is 1.00. The molecular weight excluding hydrogens is 176 g/mol. The van der Waals surface area contributed by atoms with Gasteiger partial charge in [-0.05, 0) is 19.4 Å². The average molecular weight is 202 g/mol. The van der Waals surface area contributed by atoms with E-state index in [1.807, 2.05) is 0 Å². The van der Waals surface area contributed by atoms with Crippen molar-refractivity contribution in [2.24, 2.45) is 11.1 Å². The van der Waals surface area contributed by atoms with Crippen LogP contribution in [0.15, 0.2) is 0 Å². The predicted molar refractivity (Wildman–Crippen MR) is 61.4 cm³/mol. The topological polar surface area (TPSA) is 38.5 Å².